The number of esters is 2. The molecule has 0 spiro atoms. The molecule has 3 rings (SSSR count). The Labute approximate surface area is 181 Å². The monoisotopic (exact) mass is 430 g/mol. The number of rotatable bonds is 9. The molecule has 8 heteroatoms. The van der Waals surface area contributed by atoms with E-state index in [1.807, 2.05) is 27.7 Å². The van der Waals surface area contributed by atoms with Gasteiger partial charge in [-0.3, -0.25) is 4.79 Å². The van der Waals surface area contributed by atoms with E-state index in [1.54, 1.807) is 42.5 Å². The molecule has 8 nitrogen and oxygen atoms in total. The van der Waals surface area contributed by atoms with E-state index in [0.717, 1.165) is 0 Å². The van der Waals surface area contributed by atoms with E-state index in [2.05, 4.69) is 0 Å². The first kappa shape index (κ1) is 22.4. The second kappa shape index (κ2) is 9.70. The first-order valence-corrected chi connectivity index (χ1v) is 10.1. The van der Waals surface area contributed by atoms with Crippen molar-refractivity contribution in [2.75, 3.05) is 13.2 Å². The molecule has 1 heterocycles. The number of benzene rings is 2. The Morgan fingerprint density at radius 3 is 2.29 bits per heavy atom. The summed E-state index contributed by atoms with van der Waals surface area (Å²) >= 11 is 0. The van der Waals surface area contributed by atoms with Gasteiger partial charge in [0.2, 0.25) is 5.75 Å². The molecule has 0 radical (unpaired) electrons. The predicted molar refractivity (Wildman–Crippen MR) is 110 cm³/mol. The number of para-hydroxylation sites is 1. The molecule has 0 bridgehead atoms. The van der Waals surface area contributed by atoms with Crippen LogP contribution in [0.2, 0.25) is 0 Å². The summed E-state index contributed by atoms with van der Waals surface area (Å²) in [6.07, 6.45) is 0.662. The van der Waals surface area contributed by atoms with E-state index >= 15 is 0 Å². The van der Waals surface area contributed by atoms with Gasteiger partial charge in [-0.1, -0.05) is 13.0 Å². The van der Waals surface area contributed by atoms with Crippen LogP contribution in [0.3, 0.4) is 0 Å². The van der Waals surface area contributed by atoms with Crippen molar-refractivity contribution < 1.29 is 38.0 Å². The maximum Gasteiger partial charge on any atom is 0.361 e. The summed E-state index contributed by atoms with van der Waals surface area (Å²) in [7, 11) is 0. The quantitative estimate of drug-likeness (QED) is 0.434. The van der Waals surface area contributed by atoms with Crippen LogP contribution in [-0.4, -0.2) is 31.6 Å². The molecule has 1 unspecified atom stereocenters. The molecule has 0 amide bonds. The van der Waals surface area contributed by atoms with Crippen LogP contribution in [0.25, 0.3) is 0 Å². The molecule has 166 valence electrons. The van der Waals surface area contributed by atoms with Crippen molar-refractivity contribution in [2.24, 2.45) is 5.41 Å². The highest BCUT2D eigenvalue weighted by Crippen LogP contribution is 2.42. The zero-order valence-electron chi connectivity index (χ0n) is 18.0. The Morgan fingerprint density at radius 2 is 1.65 bits per heavy atom. The molecule has 0 saturated carbocycles. The van der Waals surface area contributed by atoms with Gasteiger partial charge >= 0.3 is 18.4 Å². The molecule has 0 saturated heterocycles. The molecule has 31 heavy (non-hydrogen) atoms. The van der Waals surface area contributed by atoms with Crippen molar-refractivity contribution >= 4 is 11.9 Å². The minimum Gasteiger partial charge on any atom is -0.478 e. The normalized spacial score (nSPS) is 14.8. The van der Waals surface area contributed by atoms with Crippen molar-refractivity contribution in [3.05, 3.63) is 42.5 Å². The number of carbonyl (C=O) groups excluding carboxylic acids is 2. The van der Waals surface area contributed by atoms with Gasteiger partial charge in [0.15, 0.2) is 18.1 Å². The smallest absolute Gasteiger partial charge is 0.361 e. The summed E-state index contributed by atoms with van der Waals surface area (Å²) in [5.74, 6) is 0.949. The zero-order chi connectivity index (χ0) is 22.4. The SMILES string of the molecule is CCOC1Oc2cccc(OCC(=O)Oc3ccc(OC(=O)C(C)(C)CC)cc3)c2O1. The van der Waals surface area contributed by atoms with Crippen molar-refractivity contribution in [3.63, 3.8) is 0 Å². The fraction of sp³-hybridized carbons (Fsp3) is 0.391. The van der Waals surface area contributed by atoms with Crippen LogP contribution in [-0.2, 0) is 14.3 Å². The van der Waals surface area contributed by atoms with Gasteiger partial charge in [0.05, 0.1) is 12.0 Å². The Bertz CT molecular complexity index is 920. The van der Waals surface area contributed by atoms with Crippen LogP contribution < -0.4 is 23.7 Å². The Kier molecular flexibility index (Phi) is 7.02. The lowest BCUT2D eigenvalue weighted by Gasteiger charge is -2.20. The third kappa shape index (κ3) is 5.67. The van der Waals surface area contributed by atoms with Gasteiger partial charge in [0.1, 0.15) is 11.5 Å². The lowest BCUT2D eigenvalue weighted by molar-refractivity contribution is -0.173. The van der Waals surface area contributed by atoms with Crippen LogP contribution in [0.15, 0.2) is 42.5 Å². The largest absolute Gasteiger partial charge is 0.478 e. The van der Waals surface area contributed by atoms with Gasteiger partial charge in [-0.15, -0.1) is 0 Å². The average molecular weight is 430 g/mol. The lowest BCUT2D eigenvalue weighted by atomic mass is 9.91. The van der Waals surface area contributed by atoms with E-state index < -0.39 is 17.9 Å². The lowest BCUT2D eigenvalue weighted by Crippen LogP contribution is -2.28. The standard InChI is InChI=1S/C23H26O8/c1-5-23(3,4)21(25)29-16-12-10-15(11-13-16)28-19(24)14-27-17-8-7-9-18-20(17)31-22(30-18)26-6-2/h7-13,22H,5-6,14H2,1-4H3. The van der Waals surface area contributed by atoms with Crippen molar-refractivity contribution in [1.29, 1.82) is 0 Å². The third-order valence-corrected chi connectivity index (χ3v) is 4.73. The molecule has 2 aromatic carbocycles. The van der Waals surface area contributed by atoms with Crippen LogP contribution in [0.4, 0.5) is 0 Å². The molecule has 0 aromatic heterocycles. The maximum atomic E-state index is 12.2. The number of hydrogen-bond acceptors (Lipinski definition) is 8. The summed E-state index contributed by atoms with van der Waals surface area (Å²) in [5.41, 5.74) is -0.572. The Balaban J connectivity index is 1.52. The average Bonchev–Trinajstić information content (AvgIpc) is 3.17. The van der Waals surface area contributed by atoms with E-state index in [-0.39, 0.29) is 12.6 Å². The predicted octanol–water partition coefficient (Wildman–Crippen LogP) is 4.10. The van der Waals surface area contributed by atoms with Crippen molar-refractivity contribution in [1.82, 2.24) is 0 Å². The topological polar surface area (TPSA) is 89.5 Å². The van der Waals surface area contributed by atoms with E-state index in [1.165, 1.54) is 0 Å². The first-order chi connectivity index (χ1) is 14.8. The highest BCUT2D eigenvalue weighted by Gasteiger charge is 2.29. The van der Waals surface area contributed by atoms with Crippen LogP contribution in [0, 0.1) is 5.41 Å². The molecule has 0 aliphatic carbocycles. The number of carbonyl (C=O) groups is 2. The third-order valence-electron chi connectivity index (χ3n) is 4.73. The minimum absolute atomic E-state index is 0.303. The second-order valence-electron chi connectivity index (χ2n) is 7.42. The van der Waals surface area contributed by atoms with Crippen LogP contribution >= 0.6 is 0 Å². The highest BCUT2D eigenvalue weighted by molar-refractivity contribution is 5.78. The van der Waals surface area contributed by atoms with Crippen LogP contribution in [0.1, 0.15) is 34.1 Å². The Hall–Kier alpha value is -3.26. The minimum atomic E-state index is -0.841. The van der Waals surface area contributed by atoms with Crippen LogP contribution in [0.5, 0.6) is 28.7 Å². The second-order valence-corrected chi connectivity index (χ2v) is 7.42. The molecule has 0 fully saturated rings. The number of hydrogen-bond donors (Lipinski definition) is 0. The Morgan fingerprint density at radius 1 is 0.968 bits per heavy atom. The van der Waals surface area contributed by atoms with Gasteiger partial charge < -0.3 is 28.4 Å². The summed E-state index contributed by atoms with van der Waals surface area (Å²) in [5, 5.41) is 0. The van der Waals surface area contributed by atoms with Crippen molar-refractivity contribution in [2.45, 2.75) is 40.6 Å². The van der Waals surface area contributed by atoms with E-state index in [0.29, 0.717) is 41.8 Å². The van der Waals surface area contributed by atoms with Gasteiger partial charge in [-0.2, -0.15) is 0 Å². The molecule has 2 aromatic rings. The first-order valence-electron chi connectivity index (χ1n) is 10.1. The van der Waals surface area contributed by atoms with Gasteiger partial charge in [0.25, 0.3) is 0 Å². The van der Waals surface area contributed by atoms with Crippen molar-refractivity contribution in [3.8, 4) is 28.7 Å². The molecule has 0 N–H and O–H groups in total. The molecular weight excluding hydrogens is 404 g/mol. The zero-order valence-corrected chi connectivity index (χ0v) is 18.0. The summed E-state index contributed by atoms with van der Waals surface area (Å²) < 4.78 is 32.5. The van der Waals surface area contributed by atoms with Gasteiger partial charge in [-0.25, -0.2) is 4.79 Å². The highest BCUT2D eigenvalue weighted by atomic mass is 16.9. The summed E-state index contributed by atoms with van der Waals surface area (Å²) in [6, 6.07) is 11.3. The molecule has 1 aliphatic rings. The molecule has 1 atom stereocenters. The fourth-order valence-corrected chi connectivity index (χ4v) is 2.51. The number of fused-ring (bicyclic) bond motifs is 1. The number of ether oxygens (including phenoxy) is 6. The van der Waals surface area contributed by atoms with Gasteiger partial charge in [-0.05, 0) is 63.6 Å². The maximum absolute atomic E-state index is 12.2. The van der Waals surface area contributed by atoms with Gasteiger partial charge in [0, 0.05) is 0 Å². The molecule has 1 aliphatic heterocycles. The van der Waals surface area contributed by atoms with E-state index in [4.69, 9.17) is 28.4 Å². The van der Waals surface area contributed by atoms with E-state index in [9.17, 15) is 9.59 Å². The summed E-state index contributed by atoms with van der Waals surface area (Å²) in [6.45, 7) is 6.64. The fourth-order valence-electron chi connectivity index (χ4n) is 2.51. The molecular formula is C23H26O8. The summed E-state index contributed by atoms with van der Waals surface area (Å²) in [4.78, 5) is 24.3.